The van der Waals surface area contributed by atoms with Gasteiger partial charge in [0.2, 0.25) is 5.91 Å². The number of halogens is 2. The minimum atomic E-state index is -0.288. The van der Waals surface area contributed by atoms with E-state index in [4.69, 9.17) is 11.6 Å². The first-order valence-corrected chi connectivity index (χ1v) is 10.2. The molecule has 1 amide bonds. The molecule has 1 aromatic heterocycles. The van der Waals surface area contributed by atoms with Gasteiger partial charge in [0, 0.05) is 48.1 Å². The Morgan fingerprint density at radius 1 is 1.03 bits per heavy atom. The molecule has 0 spiro atoms. The largest absolute Gasteiger partial charge is 0.352 e. The average molecular weight is 421 g/mol. The fourth-order valence-electron chi connectivity index (χ4n) is 3.81. The Bertz CT molecular complexity index is 1170. The van der Waals surface area contributed by atoms with Gasteiger partial charge in [-0.25, -0.2) is 4.39 Å². The van der Waals surface area contributed by atoms with E-state index in [0.29, 0.717) is 18.0 Å². The van der Waals surface area contributed by atoms with Crippen molar-refractivity contribution in [3.63, 3.8) is 0 Å². The lowest BCUT2D eigenvalue weighted by atomic mass is 9.88. The summed E-state index contributed by atoms with van der Waals surface area (Å²) in [7, 11) is 2.01. The molecule has 0 aliphatic heterocycles. The van der Waals surface area contributed by atoms with Crippen LogP contribution in [0.1, 0.15) is 29.0 Å². The minimum Gasteiger partial charge on any atom is -0.352 e. The number of fused-ring (bicyclic) bond motifs is 1. The van der Waals surface area contributed by atoms with Crippen LogP contribution in [0.25, 0.3) is 10.9 Å². The molecule has 30 heavy (non-hydrogen) atoms. The third-order valence-electron chi connectivity index (χ3n) is 5.37. The Labute approximate surface area is 180 Å². The number of aromatic nitrogens is 1. The van der Waals surface area contributed by atoms with Gasteiger partial charge in [-0.15, -0.1) is 0 Å². The molecule has 4 rings (SSSR count). The molecule has 0 saturated heterocycles. The minimum absolute atomic E-state index is 0.0628. The maximum absolute atomic E-state index is 13.1. The van der Waals surface area contributed by atoms with Gasteiger partial charge in [-0.05, 0) is 47.0 Å². The molecule has 4 aromatic rings. The number of nitrogens with one attached hydrogen (secondary N) is 1. The van der Waals surface area contributed by atoms with Crippen LogP contribution in [0.4, 0.5) is 4.39 Å². The van der Waals surface area contributed by atoms with Crippen molar-refractivity contribution in [3.05, 3.63) is 107 Å². The normalized spacial score (nSPS) is 12.1. The van der Waals surface area contributed by atoms with E-state index in [0.717, 1.165) is 27.6 Å². The summed E-state index contributed by atoms with van der Waals surface area (Å²) in [6.45, 7) is 0.363. The molecule has 3 aromatic carbocycles. The fourth-order valence-corrected chi connectivity index (χ4v) is 3.94. The zero-order valence-corrected chi connectivity index (χ0v) is 17.4. The third kappa shape index (κ3) is 4.39. The lowest BCUT2D eigenvalue weighted by molar-refractivity contribution is -0.121. The molecular formula is C25H22ClFN2O. The maximum atomic E-state index is 13.1. The second-order valence-corrected chi connectivity index (χ2v) is 7.86. The topological polar surface area (TPSA) is 34.0 Å². The van der Waals surface area contributed by atoms with E-state index in [9.17, 15) is 9.18 Å². The van der Waals surface area contributed by atoms with Gasteiger partial charge < -0.3 is 9.88 Å². The highest BCUT2D eigenvalue weighted by Crippen LogP contribution is 2.34. The van der Waals surface area contributed by atoms with Crippen molar-refractivity contribution in [2.45, 2.75) is 18.9 Å². The van der Waals surface area contributed by atoms with Crippen LogP contribution < -0.4 is 5.32 Å². The van der Waals surface area contributed by atoms with Gasteiger partial charge in [-0.3, -0.25) is 4.79 Å². The zero-order chi connectivity index (χ0) is 21.1. The van der Waals surface area contributed by atoms with Gasteiger partial charge in [0.15, 0.2) is 0 Å². The number of carbonyl (C=O) groups is 1. The Kier molecular flexibility index (Phi) is 5.86. The molecule has 3 nitrogen and oxygen atoms in total. The molecule has 152 valence electrons. The third-order valence-corrected chi connectivity index (χ3v) is 5.62. The number of para-hydroxylation sites is 1. The molecule has 0 bridgehead atoms. The first kappa shape index (κ1) is 20.2. The maximum Gasteiger partial charge on any atom is 0.221 e. The van der Waals surface area contributed by atoms with Gasteiger partial charge in [0.25, 0.3) is 0 Å². The Morgan fingerprint density at radius 2 is 1.73 bits per heavy atom. The molecule has 1 heterocycles. The Hall–Kier alpha value is -3.11. The van der Waals surface area contributed by atoms with Crippen LogP contribution in [-0.4, -0.2) is 10.5 Å². The predicted octanol–water partition coefficient (Wildman–Crippen LogP) is 5.81. The van der Waals surface area contributed by atoms with E-state index in [-0.39, 0.29) is 17.6 Å². The van der Waals surface area contributed by atoms with Crippen LogP contribution >= 0.6 is 11.6 Å². The molecule has 5 heteroatoms. The van der Waals surface area contributed by atoms with E-state index in [2.05, 4.69) is 28.2 Å². The molecule has 1 N–H and O–H groups in total. The van der Waals surface area contributed by atoms with Crippen LogP contribution in [0.5, 0.6) is 0 Å². The smallest absolute Gasteiger partial charge is 0.221 e. The number of aryl methyl sites for hydroxylation is 1. The summed E-state index contributed by atoms with van der Waals surface area (Å²) in [5.41, 5.74) is 4.12. The molecule has 0 radical (unpaired) electrons. The summed E-state index contributed by atoms with van der Waals surface area (Å²) in [6, 6.07) is 22.0. The number of rotatable bonds is 6. The van der Waals surface area contributed by atoms with Crippen LogP contribution in [0.15, 0.2) is 79.0 Å². The fraction of sp³-hybridized carbons (Fsp3) is 0.160. The molecule has 0 fully saturated rings. The van der Waals surface area contributed by atoms with E-state index < -0.39 is 0 Å². The van der Waals surface area contributed by atoms with Crippen molar-refractivity contribution in [1.82, 2.24) is 9.88 Å². The average Bonchev–Trinajstić information content (AvgIpc) is 3.09. The van der Waals surface area contributed by atoms with Gasteiger partial charge in [0.1, 0.15) is 5.82 Å². The Morgan fingerprint density at radius 3 is 2.47 bits per heavy atom. The molecule has 1 atom stereocenters. The number of benzene rings is 3. The number of carbonyl (C=O) groups excluding carboxylic acids is 1. The standard InChI is InChI=1S/C25H22ClFN2O/c1-29-16-23(21-4-2-3-5-24(21)29)22(18-8-10-19(26)11-9-18)14-25(30)28-15-17-6-12-20(27)13-7-17/h2-13,16,22H,14-15H2,1H3,(H,28,30). The lowest BCUT2D eigenvalue weighted by Crippen LogP contribution is -2.25. The summed E-state index contributed by atoms with van der Waals surface area (Å²) < 4.78 is 15.2. The first-order chi connectivity index (χ1) is 14.5. The van der Waals surface area contributed by atoms with Crippen LogP contribution in [-0.2, 0) is 18.4 Å². The van der Waals surface area contributed by atoms with E-state index in [1.54, 1.807) is 12.1 Å². The van der Waals surface area contributed by atoms with E-state index >= 15 is 0 Å². The first-order valence-electron chi connectivity index (χ1n) is 9.82. The Balaban J connectivity index is 1.61. The molecule has 0 aliphatic rings. The zero-order valence-electron chi connectivity index (χ0n) is 16.6. The monoisotopic (exact) mass is 420 g/mol. The predicted molar refractivity (Wildman–Crippen MR) is 119 cm³/mol. The van der Waals surface area contributed by atoms with E-state index in [1.807, 2.05) is 43.4 Å². The molecule has 0 saturated carbocycles. The summed E-state index contributed by atoms with van der Waals surface area (Å²) in [4.78, 5) is 12.8. The van der Waals surface area contributed by atoms with Crippen molar-refractivity contribution in [2.75, 3.05) is 0 Å². The van der Waals surface area contributed by atoms with Gasteiger partial charge in [-0.1, -0.05) is 54.1 Å². The number of hydrogen-bond donors (Lipinski definition) is 1. The van der Waals surface area contributed by atoms with Gasteiger partial charge in [-0.2, -0.15) is 0 Å². The van der Waals surface area contributed by atoms with Crippen molar-refractivity contribution < 1.29 is 9.18 Å². The SMILES string of the molecule is Cn1cc(C(CC(=O)NCc2ccc(F)cc2)c2ccc(Cl)cc2)c2ccccc21. The summed E-state index contributed by atoms with van der Waals surface area (Å²) in [5, 5.41) is 4.75. The highest BCUT2D eigenvalue weighted by Gasteiger charge is 2.22. The second kappa shape index (κ2) is 8.72. The highest BCUT2D eigenvalue weighted by molar-refractivity contribution is 6.30. The van der Waals surface area contributed by atoms with Crippen LogP contribution in [0.2, 0.25) is 5.02 Å². The van der Waals surface area contributed by atoms with E-state index in [1.165, 1.54) is 12.1 Å². The highest BCUT2D eigenvalue weighted by atomic mass is 35.5. The van der Waals surface area contributed by atoms with Crippen LogP contribution in [0, 0.1) is 5.82 Å². The summed E-state index contributed by atoms with van der Waals surface area (Å²) in [5.74, 6) is -0.461. The van der Waals surface area contributed by atoms with Gasteiger partial charge in [0.05, 0.1) is 0 Å². The number of amides is 1. The van der Waals surface area contributed by atoms with Crippen molar-refractivity contribution in [1.29, 1.82) is 0 Å². The van der Waals surface area contributed by atoms with Gasteiger partial charge >= 0.3 is 0 Å². The molecule has 0 aliphatic carbocycles. The second-order valence-electron chi connectivity index (χ2n) is 7.42. The summed E-state index contributed by atoms with van der Waals surface area (Å²) in [6.07, 6.45) is 2.40. The number of hydrogen-bond acceptors (Lipinski definition) is 1. The number of nitrogens with zero attached hydrogens (tertiary/aromatic N) is 1. The van der Waals surface area contributed by atoms with Crippen LogP contribution in [0.3, 0.4) is 0 Å². The molecule has 1 unspecified atom stereocenters. The van der Waals surface area contributed by atoms with Crippen molar-refractivity contribution >= 4 is 28.4 Å². The summed E-state index contributed by atoms with van der Waals surface area (Å²) >= 11 is 6.09. The van der Waals surface area contributed by atoms with Crippen molar-refractivity contribution in [3.8, 4) is 0 Å². The lowest BCUT2D eigenvalue weighted by Gasteiger charge is -2.17. The quantitative estimate of drug-likeness (QED) is 0.419. The molecular weight excluding hydrogens is 399 g/mol. The van der Waals surface area contributed by atoms with Crippen molar-refractivity contribution in [2.24, 2.45) is 7.05 Å².